The predicted octanol–water partition coefficient (Wildman–Crippen LogP) is 2.64. The normalized spacial score (nSPS) is 18.1. The highest BCUT2D eigenvalue weighted by Gasteiger charge is 2.16. The number of likely N-dealkylation sites (tertiary alicyclic amines) is 1. The van der Waals surface area contributed by atoms with Crippen molar-refractivity contribution in [1.82, 2.24) is 10.2 Å². The molecule has 0 bridgehead atoms. The van der Waals surface area contributed by atoms with Gasteiger partial charge in [0.2, 0.25) is 0 Å². The maximum absolute atomic E-state index is 5.97. The summed E-state index contributed by atoms with van der Waals surface area (Å²) in [6.45, 7) is 5.96. The SMILES string of the molecule is COc1ccc(CCNC(N)=NCCN2CCCCC2C)cc1OC.I. The molecule has 26 heavy (non-hydrogen) atoms. The van der Waals surface area contributed by atoms with E-state index in [1.165, 1.54) is 31.4 Å². The van der Waals surface area contributed by atoms with Gasteiger partial charge in [-0.3, -0.25) is 9.89 Å². The minimum absolute atomic E-state index is 0. The first-order valence-corrected chi connectivity index (χ1v) is 9.12. The van der Waals surface area contributed by atoms with Crippen LogP contribution in [0.4, 0.5) is 0 Å². The zero-order valence-electron chi connectivity index (χ0n) is 16.2. The smallest absolute Gasteiger partial charge is 0.188 e. The lowest BCUT2D eigenvalue weighted by molar-refractivity contribution is 0.166. The van der Waals surface area contributed by atoms with Crippen molar-refractivity contribution in [3.63, 3.8) is 0 Å². The Morgan fingerprint density at radius 3 is 2.73 bits per heavy atom. The van der Waals surface area contributed by atoms with Gasteiger partial charge in [0.15, 0.2) is 17.5 Å². The fourth-order valence-electron chi connectivity index (χ4n) is 3.22. The van der Waals surface area contributed by atoms with Crippen molar-refractivity contribution < 1.29 is 9.47 Å². The molecule has 6 nitrogen and oxygen atoms in total. The summed E-state index contributed by atoms with van der Waals surface area (Å²) >= 11 is 0. The molecule has 1 aliphatic rings. The molecule has 0 aliphatic carbocycles. The number of aliphatic imine (C=N–C) groups is 1. The zero-order valence-corrected chi connectivity index (χ0v) is 18.5. The van der Waals surface area contributed by atoms with Gasteiger partial charge in [0.25, 0.3) is 0 Å². The Balaban J connectivity index is 0.00000338. The van der Waals surface area contributed by atoms with E-state index in [2.05, 4.69) is 22.1 Å². The summed E-state index contributed by atoms with van der Waals surface area (Å²) < 4.78 is 10.6. The topological polar surface area (TPSA) is 72.1 Å². The number of hydrogen-bond donors (Lipinski definition) is 2. The zero-order chi connectivity index (χ0) is 18.1. The van der Waals surface area contributed by atoms with Crippen LogP contribution >= 0.6 is 24.0 Å². The first-order valence-electron chi connectivity index (χ1n) is 9.12. The average Bonchev–Trinajstić information content (AvgIpc) is 2.63. The summed E-state index contributed by atoms with van der Waals surface area (Å²) in [6.07, 6.45) is 4.79. The number of nitrogens with two attached hydrogens (primary N) is 1. The van der Waals surface area contributed by atoms with Gasteiger partial charge >= 0.3 is 0 Å². The maximum atomic E-state index is 5.97. The molecule has 0 radical (unpaired) electrons. The second-order valence-corrected chi connectivity index (χ2v) is 6.51. The van der Waals surface area contributed by atoms with Crippen LogP contribution in [0.25, 0.3) is 0 Å². The fraction of sp³-hybridized carbons (Fsp3) is 0.632. The summed E-state index contributed by atoms with van der Waals surface area (Å²) in [4.78, 5) is 6.95. The van der Waals surface area contributed by atoms with Crippen LogP contribution in [0, 0.1) is 0 Å². The molecule has 1 fully saturated rings. The van der Waals surface area contributed by atoms with E-state index in [1.54, 1.807) is 14.2 Å². The second-order valence-electron chi connectivity index (χ2n) is 6.51. The van der Waals surface area contributed by atoms with Crippen LogP contribution in [0.1, 0.15) is 31.7 Å². The molecule has 1 atom stereocenters. The quantitative estimate of drug-likeness (QED) is 0.343. The summed E-state index contributed by atoms with van der Waals surface area (Å²) in [5, 5.41) is 3.18. The van der Waals surface area contributed by atoms with Gasteiger partial charge in [-0.25, -0.2) is 0 Å². The Kier molecular flexibility index (Phi) is 10.7. The number of piperidine rings is 1. The molecule has 0 aromatic heterocycles. The van der Waals surface area contributed by atoms with Crippen LogP contribution in [0.3, 0.4) is 0 Å². The lowest BCUT2D eigenvalue weighted by Crippen LogP contribution is -2.40. The van der Waals surface area contributed by atoms with Crippen molar-refractivity contribution in [3.05, 3.63) is 23.8 Å². The maximum Gasteiger partial charge on any atom is 0.188 e. The summed E-state index contributed by atoms with van der Waals surface area (Å²) in [5.41, 5.74) is 7.13. The van der Waals surface area contributed by atoms with Crippen LogP contribution in [-0.2, 0) is 6.42 Å². The Hall–Kier alpha value is -1.22. The van der Waals surface area contributed by atoms with Crippen LogP contribution in [-0.4, -0.2) is 57.3 Å². The lowest BCUT2D eigenvalue weighted by atomic mass is 10.0. The number of guanidine groups is 1. The number of hydrogen-bond acceptors (Lipinski definition) is 4. The van der Waals surface area contributed by atoms with Gasteiger partial charge in [-0.15, -0.1) is 24.0 Å². The lowest BCUT2D eigenvalue weighted by Gasteiger charge is -2.32. The molecule has 3 N–H and O–H groups in total. The second kappa shape index (κ2) is 12.2. The van der Waals surface area contributed by atoms with E-state index in [4.69, 9.17) is 15.2 Å². The number of rotatable bonds is 8. The average molecular weight is 476 g/mol. The molecule has 1 aromatic carbocycles. The molecular weight excluding hydrogens is 443 g/mol. The molecule has 7 heteroatoms. The number of nitrogens with one attached hydrogen (secondary N) is 1. The van der Waals surface area contributed by atoms with Gasteiger partial charge in [-0.05, 0) is 50.4 Å². The third kappa shape index (κ3) is 7.19. The number of nitrogens with zero attached hydrogens (tertiary/aromatic N) is 2. The molecule has 148 valence electrons. The van der Waals surface area contributed by atoms with Crippen molar-refractivity contribution in [3.8, 4) is 11.5 Å². The molecule has 0 saturated carbocycles. The molecule has 1 saturated heterocycles. The third-order valence-electron chi connectivity index (χ3n) is 4.78. The minimum Gasteiger partial charge on any atom is -0.493 e. The van der Waals surface area contributed by atoms with Gasteiger partial charge in [0.05, 0.1) is 20.8 Å². The van der Waals surface area contributed by atoms with Gasteiger partial charge in [0, 0.05) is 19.1 Å². The Morgan fingerprint density at radius 2 is 2.04 bits per heavy atom. The number of halogens is 1. The Labute approximate surface area is 174 Å². The molecule has 1 heterocycles. The minimum atomic E-state index is 0. The van der Waals surface area contributed by atoms with Crippen molar-refractivity contribution in [2.75, 3.05) is 40.4 Å². The van der Waals surface area contributed by atoms with Gasteiger partial charge < -0.3 is 20.5 Å². The van der Waals surface area contributed by atoms with E-state index in [9.17, 15) is 0 Å². The summed E-state index contributed by atoms with van der Waals surface area (Å²) in [7, 11) is 3.29. The van der Waals surface area contributed by atoms with E-state index < -0.39 is 0 Å². The molecule has 1 aliphatic heterocycles. The Bertz CT molecular complexity index is 568. The first-order chi connectivity index (χ1) is 12.1. The predicted molar refractivity (Wildman–Crippen MR) is 118 cm³/mol. The molecular formula is C19H33IN4O2. The molecule has 1 unspecified atom stereocenters. The van der Waals surface area contributed by atoms with E-state index in [0.717, 1.165) is 37.6 Å². The number of ether oxygens (including phenoxy) is 2. The van der Waals surface area contributed by atoms with Crippen LogP contribution < -0.4 is 20.5 Å². The first kappa shape index (κ1) is 22.8. The van der Waals surface area contributed by atoms with Crippen molar-refractivity contribution >= 4 is 29.9 Å². The number of methoxy groups -OCH3 is 2. The van der Waals surface area contributed by atoms with Crippen molar-refractivity contribution in [2.45, 2.75) is 38.6 Å². The summed E-state index contributed by atoms with van der Waals surface area (Å²) in [5.74, 6) is 2.01. The summed E-state index contributed by atoms with van der Waals surface area (Å²) in [6, 6.07) is 6.62. The fourth-order valence-corrected chi connectivity index (χ4v) is 3.22. The van der Waals surface area contributed by atoms with Crippen LogP contribution in [0.2, 0.25) is 0 Å². The largest absolute Gasteiger partial charge is 0.493 e. The highest BCUT2D eigenvalue weighted by atomic mass is 127. The van der Waals surface area contributed by atoms with E-state index in [-0.39, 0.29) is 24.0 Å². The van der Waals surface area contributed by atoms with Gasteiger partial charge in [0.1, 0.15) is 0 Å². The van der Waals surface area contributed by atoms with E-state index in [1.807, 2.05) is 18.2 Å². The van der Waals surface area contributed by atoms with Crippen LogP contribution in [0.5, 0.6) is 11.5 Å². The highest BCUT2D eigenvalue weighted by molar-refractivity contribution is 14.0. The molecule has 0 amide bonds. The van der Waals surface area contributed by atoms with E-state index in [0.29, 0.717) is 12.0 Å². The van der Waals surface area contributed by atoms with Gasteiger partial charge in [-0.1, -0.05) is 12.5 Å². The van der Waals surface area contributed by atoms with Crippen molar-refractivity contribution in [1.29, 1.82) is 0 Å². The standard InChI is InChI=1S/C19H32N4O2.HI/c1-15-6-4-5-12-23(15)13-11-22-19(20)21-10-9-16-7-8-17(24-2)18(14-16)25-3;/h7-8,14-15H,4-6,9-13H2,1-3H3,(H3,20,21,22);1H. The highest BCUT2D eigenvalue weighted by Crippen LogP contribution is 2.27. The van der Waals surface area contributed by atoms with E-state index >= 15 is 0 Å². The monoisotopic (exact) mass is 476 g/mol. The van der Waals surface area contributed by atoms with Crippen LogP contribution in [0.15, 0.2) is 23.2 Å². The molecule has 0 spiro atoms. The van der Waals surface area contributed by atoms with Crippen molar-refractivity contribution in [2.24, 2.45) is 10.7 Å². The Morgan fingerprint density at radius 1 is 1.27 bits per heavy atom. The molecule has 1 aromatic rings. The third-order valence-corrected chi connectivity index (χ3v) is 4.78. The number of benzene rings is 1. The molecule has 2 rings (SSSR count). The van der Waals surface area contributed by atoms with Gasteiger partial charge in [-0.2, -0.15) is 0 Å².